The molecular formula is C22H25N5O2. The zero-order valence-electron chi connectivity index (χ0n) is 16.4. The zero-order valence-corrected chi connectivity index (χ0v) is 16.4. The number of carbonyl (C=O) groups excluding carboxylic acids is 1. The van der Waals surface area contributed by atoms with E-state index in [9.17, 15) is 9.59 Å². The van der Waals surface area contributed by atoms with Crippen LogP contribution < -0.4 is 5.56 Å². The summed E-state index contributed by atoms with van der Waals surface area (Å²) in [7, 11) is 0. The fourth-order valence-electron chi connectivity index (χ4n) is 4.61. The highest BCUT2D eigenvalue weighted by molar-refractivity contribution is 5.99. The van der Waals surface area contributed by atoms with Crippen molar-refractivity contribution in [1.82, 2.24) is 24.4 Å². The van der Waals surface area contributed by atoms with E-state index in [4.69, 9.17) is 0 Å². The van der Waals surface area contributed by atoms with Gasteiger partial charge < -0.3 is 9.80 Å². The lowest BCUT2D eigenvalue weighted by Crippen LogP contribution is -2.45. The van der Waals surface area contributed by atoms with Gasteiger partial charge in [0.15, 0.2) is 5.65 Å². The SMILES string of the molecule is O=C(c1c[nH]n2c(=O)cc(-c3ccccc3)nc12)N1CCC(N2CCCC2)CC1. The van der Waals surface area contributed by atoms with Crippen molar-refractivity contribution in [3.63, 3.8) is 0 Å². The van der Waals surface area contributed by atoms with E-state index < -0.39 is 0 Å². The molecule has 7 heteroatoms. The van der Waals surface area contributed by atoms with Crippen LogP contribution in [0.5, 0.6) is 0 Å². The van der Waals surface area contributed by atoms with E-state index in [1.54, 1.807) is 6.20 Å². The highest BCUT2D eigenvalue weighted by Crippen LogP contribution is 2.23. The molecule has 29 heavy (non-hydrogen) atoms. The Kier molecular flexibility index (Phi) is 4.67. The average molecular weight is 391 g/mol. The number of aromatic amines is 1. The number of nitrogens with one attached hydrogen (secondary N) is 1. The van der Waals surface area contributed by atoms with Crippen molar-refractivity contribution < 1.29 is 4.79 Å². The summed E-state index contributed by atoms with van der Waals surface area (Å²) in [4.78, 5) is 34.8. The van der Waals surface area contributed by atoms with E-state index in [0.29, 0.717) is 22.9 Å². The second kappa shape index (κ2) is 7.48. The number of amides is 1. The predicted molar refractivity (Wildman–Crippen MR) is 111 cm³/mol. The molecule has 150 valence electrons. The van der Waals surface area contributed by atoms with Crippen molar-refractivity contribution in [2.45, 2.75) is 31.7 Å². The highest BCUT2D eigenvalue weighted by Gasteiger charge is 2.30. The predicted octanol–water partition coefficient (Wildman–Crippen LogP) is 2.39. The van der Waals surface area contributed by atoms with Crippen LogP contribution in [0.25, 0.3) is 16.9 Å². The fourth-order valence-corrected chi connectivity index (χ4v) is 4.61. The molecule has 0 radical (unpaired) electrons. The number of hydrogen-bond donors (Lipinski definition) is 1. The average Bonchev–Trinajstić information content (AvgIpc) is 3.44. The summed E-state index contributed by atoms with van der Waals surface area (Å²) < 4.78 is 1.34. The van der Waals surface area contributed by atoms with Crippen LogP contribution >= 0.6 is 0 Å². The normalized spacial score (nSPS) is 18.6. The number of likely N-dealkylation sites (tertiary alicyclic amines) is 2. The second-order valence-corrected chi connectivity index (χ2v) is 7.96. The van der Waals surface area contributed by atoms with Gasteiger partial charge in [-0.2, -0.15) is 0 Å². The minimum absolute atomic E-state index is 0.0549. The van der Waals surface area contributed by atoms with E-state index in [1.165, 1.54) is 36.5 Å². The van der Waals surface area contributed by atoms with Gasteiger partial charge in [0.05, 0.1) is 5.69 Å². The lowest BCUT2D eigenvalue weighted by atomic mass is 10.0. The van der Waals surface area contributed by atoms with Gasteiger partial charge in [0.25, 0.3) is 11.5 Å². The molecule has 0 unspecified atom stereocenters. The molecule has 3 aromatic rings. The molecular weight excluding hydrogens is 366 g/mol. The highest BCUT2D eigenvalue weighted by atomic mass is 16.2. The van der Waals surface area contributed by atoms with Gasteiger partial charge in [-0.1, -0.05) is 30.3 Å². The molecule has 0 atom stereocenters. The summed E-state index contributed by atoms with van der Waals surface area (Å²) in [5, 5.41) is 2.89. The maximum atomic E-state index is 13.2. The van der Waals surface area contributed by atoms with Gasteiger partial charge in [-0.3, -0.25) is 14.7 Å². The van der Waals surface area contributed by atoms with Crippen molar-refractivity contribution in [3.05, 3.63) is 58.5 Å². The van der Waals surface area contributed by atoms with Crippen molar-refractivity contribution in [3.8, 4) is 11.3 Å². The van der Waals surface area contributed by atoms with E-state index in [1.807, 2.05) is 35.2 Å². The van der Waals surface area contributed by atoms with Gasteiger partial charge in [-0.15, -0.1) is 0 Å². The van der Waals surface area contributed by atoms with Crippen LogP contribution in [-0.4, -0.2) is 62.5 Å². The number of benzene rings is 1. The van der Waals surface area contributed by atoms with E-state index in [-0.39, 0.29) is 11.5 Å². The van der Waals surface area contributed by atoms with Gasteiger partial charge in [0.2, 0.25) is 0 Å². The lowest BCUT2D eigenvalue weighted by molar-refractivity contribution is 0.0646. The molecule has 1 amide bonds. The standard InChI is InChI=1S/C22H25N5O2/c28-20-14-19(16-6-2-1-3-7-16)24-21-18(15-23-27(20)21)22(29)26-12-8-17(9-13-26)25-10-4-5-11-25/h1-3,6-7,14-15,17,23H,4-5,8-13H2. The van der Waals surface area contributed by atoms with Gasteiger partial charge in [-0.05, 0) is 38.8 Å². The quantitative estimate of drug-likeness (QED) is 0.744. The summed E-state index contributed by atoms with van der Waals surface area (Å²) in [5.41, 5.74) is 2.07. The Hall–Kier alpha value is -2.93. The third-order valence-electron chi connectivity index (χ3n) is 6.21. The van der Waals surface area contributed by atoms with Crippen molar-refractivity contribution in [1.29, 1.82) is 0 Å². The van der Waals surface area contributed by atoms with Gasteiger partial charge in [-0.25, -0.2) is 9.50 Å². The molecule has 2 saturated heterocycles. The molecule has 1 aromatic carbocycles. The number of H-pyrrole nitrogens is 1. The monoisotopic (exact) mass is 391 g/mol. The summed E-state index contributed by atoms with van der Waals surface area (Å²) in [6.45, 7) is 3.88. The smallest absolute Gasteiger partial charge is 0.273 e. The molecule has 2 aliphatic heterocycles. The number of rotatable bonds is 3. The number of fused-ring (bicyclic) bond motifs is 1. The summed E-state index contributed by atoms with van der Waals surface area (Å²) >= 11 is 0. The fraction of sp³-hybridized carbons (Fsp3) is 0.409. The summed E-state index contributed by atoms with van der Waals surface area (Å²) in [5.74, 6) is -0.0549. The first-order valence-corrected chi connectivity index (χ1v) is 10.4. The first kappa shape index (κ1) is 18.1. The Labute approximate surface area is 168 Å². The minimum atomic E-state index is -0.222. The lowest BCUT2D eigenvalue weighted by Gasteiger charge is -2.36. The molecule has 5 rings (SSSR count). The van der Waals surface area contributed by atoms with E-state index in [0.717, 1.165) is 31.5 Å². The number of hydrogen-bond acceptors (Lipinski definition) is 4. The number of piperidine rings is 1. The van der Waals surface area contributed by atoms with Crippen LogP contribution in [0.4, 0.5) is 0 Å². The Bertz CT molecular complexity index is 1070. The van der Waals surface area contributed by atoms with Crippen LogP contribution in [0.1, 0.15) is 36.0 Å². The van der Waals surface area contributed by atoms with E-state index >= 15 is 0 Å². The Morgan fingerprint density at radius 3 is 2.48 bits per heavy atom. The Morgan fingerprint density at radius 1 is 1.03 bits per heavy atom. The first-order valence-electron chi connectivity index (χ1n) is 10.4. The second-order valence-electron chi connectivity index (χ2n) is 7.96. The van der Waals surface area contributed by atoms with Gasteiger partial charge in [0.1, 0.15) is 5.56 Å². The molecule has 1 N–H and O–H groups in total. The van der Waals surface area contributed by atoms with Crippen LogP contribution in [0.2, 0.25) is 0 Å². The van der Waals surface area contributed by atoms with Crippen LogP contribution in [-0.2, 0) is 0 Å². The number of carbonyl (C=O) groups is 1. The maximum absolute atomic E-state index is 13.2. The van der Waals surface area contributed by atoms with Gasteiger partial charge in [0, 0.05) is 37.0 Å². The van der Waals surface area contributed by atoms with Gasteiger partial charge >= 0.3 is 0 Å². The van der Waals surface area contributed by atoms with Crippen molar-refractivity contribution in [2.24, 2.45) is 0 Å². The molecule has 0 spiro atoms. The first-order chi connectivity index (χ1) is 14.2. The third-order valence-corrected chi connectivity index (χ3v) is 6.21. The number of aromatic nitrogens is 3. The largest absolute Gasteiger partial charge is 0.338 e. The molecule has 0 saturated carbocycles. The third kappa shape index (κ3) is 3.35. The molecule has 2 aliphatic rings. The molecule has 7 nitrogen and oxygen atoms in total. The molecule has 0 bridgehead atoms. The topological polar surface area (TPSA) is 73.7 Å². The minimum Gasteiger partial charge on any atom is -0.338 e. The molecule has 4 heterocycles. The van der Waals surface area contributed by atoms with Crippen molar-refractivity contribution >= 4 is 11.6 Å². The summed E-state index contributed by atoms with van der Waals surface area (Å²) in [6.07, 6.45) is 6.21. The Morgan fingerprint density at radius 2 is 1.76 bits per heavy atom. The summed E-state index contributed by atoms with van der Waals surface area (Å²) in [6, 6.07) is 11.7. The Balaban J connectivity index is 1.40. The van der Waals surface area contributed by atoms with Crippen LogP contribution in [0, 0.1) is 0 Å². The number of nitrogens with zero attached hydrogens (tertiary/aromatic N) is 4. The van der Waals surface area contributed by atoms with Crippen LogP contribution in [0.15, 0.2) is 47.4 Å². The zero-order chi connectivity index (χ0) is 19.8. The maximum Gasteiger partial charge on any atom is 0.273 e. The van der Waals surface area contributed by atoms with E-state index in [2.05, 4.69) is 15.0 Å². The molecule has 0 aliphatic carbocycles. The van der Waals surface area contributed by atoms with Crippen LogP contribution in [0.3, 0.4) is 0 Å². The molecule has 2 fully saturated rings. The molecule has 2 aromatic heterocycles. The van der Waals surface area contributed by atoms with Crippen molar-refractivity contribution in [2.75, 3.05) is 26.2 Å².